The van der Waals surface area contributed by atoms with Gasteiger partial charge < -0.3 is 14.8 Å². The molecule has 0 spiro atoms. The molecule has 0 saturated heterocycles. The predicted octanol–water partition coefficient (Wildman–Crippen LogP) is 7.11. The number of urea groups is 1. The SMILES string of the molecule is CCCCN(Cc1cccn1Cc1cccc(C(F)(F)F)c1)C(=O)Nc1ccc(SC)cc1. The highest BCUT2D eigenvalue weighted by Crippen LogP contribution is 2.29. The van der Waals surface area contributed by atoms with Crippen molar-refractivity contribution in [3.63, 3.8) is 0 Å². The largest absolute Gasteiger partial charge is 0.416 e. The van der Waals surface area contributed by atoms with E-state index in [0.29, 0.717) is 25.2 Å². The third-order valence-corrected chi connectivity index (χ3v) is 6.04. The standard InChI is InChI=1S/C25H28F3N3OS/c1-3-4-14-31(24(32)29-21-10-12-23(33-2)13-11-21)18-22-9-6-15-30(22)17-19-7-5-8-20(16-19)25(26,27)28/h5-13,15-16H,3-4,14,17-18H2,1-2H3,(H,29,32). The first-order valence-electron chi connectivity index (χ1n) is 10.8. The van der Waals surface area contributed by atoms with Gasteiger partial charge in [-0.25, -0.2) is 4.79 Å². The number of amides is 2. The van der Waals surface area contributed by atoms with E-state index in [1.807, 2.05) is 53.4 Å². The van der Waals surface area contributed by atoms with Crippen LogP contribution in [0.2, 0.25) is 0 Å². The molecule has 0 fully saturated rings. The van der Waals surface area contributed by atoms with E-state index in [1.165, 1.54) is 12.1 Å². The van der Waals surface area contributed by atoms with Gasteiger partial charge in [-0.2, -0.15) is 13.2 Å². The number of aromatic nitrogens is 1. The summed E-state index contributed by atoms with van der Waals surface area (Å²) >= 11 is 1.63. The summed E-state index contributed by atoms with van der Waals surface area (Å²) in [6, 6.07) is 16.5. The number of halogens is 3. The number of nitrogens with one attached hydrogen (secondary N) is 1. The van der Waals surface area contributed by atoms with Crippen LogP contribution in [-0.4, -0.2) is 28.3 Å². The lowest BCUT2D eigenvalue weighted by atomic mass is 10.1. The number of benzene rings is 2. The molecule has 0 atom stereocenters. The van der Waals surface area contributed by atoms with Crippen LogP contribution in [0, 0.1) is 0 Å². The molecule has 0 saturated carbocycles. The highest BCUT2D eigenvalue weighted by molar-refractivity contribution is 7.98. The summed E-state index contributed by atoms with van der Waals surface area (Å²) in [5, 5.41) is 2.95. The zero-order valence-electron chi connectivity index (χ0n) is 18.7. The van der Waals surface area contributed by atoms with Gasteiger partial charge in [0.25, 0.3) is 0 Å². The number of carbonyl (C=O) groups excluding carboxylic acids is 1. The van der Waals surface area contributed by atoms with Crippen LogP contribution in [-0.2, 0) is 19.3 Å². The summed E-state index contributed by atoms with van der Waals surface area (Å²) in [4.78, 5) is 15.9. The highest BCUT2D eigenvalue weighted by atomic mass is 32.2. The lowest BCUT2D eigenvalue weighted by Crippen LogP contribution is -2.36. The van der Waals surface area contributed by atoms with Crippen molar-refractivity contribution in [3.05, 3.63) is 83.7 Å². The summed E-state index contributed by atoms with van der Waals surface area (Å²) in [5.74, 6) is 0. The van der Waals surface area contributed by atoms with Crippen molar-refractivity contribution in [1.29, 1.82) is 0 Å². The quantitative estimate of drug-likeness (QED) is 0.335. The fraction of sp³-hybridized carbons (Fsp3) is 0.320. The van der Waals surface area contributed by atoms with Gasteiger partial charge in [0.05, 0.1) is 12.1 Å². The van der Waals surface area contributed by atoms with Gasteiger partial charge >= 0.3 is 12.2 Å². The molecular weight excluding hydrogens is 447 g/mol. The Kier molecular flexibility index (Phi) is 8.49. The first-order chi connectivity index (χ1) is 15.8. The number of unbranched alkanes of at least 4 members (excludes halogenated alkanes) is 1. The fourth-order valence-corrected chi connectivity index (χ4v) is 3.87. The van der Waals surface area contributed by atoms with Gasteiger partial charge in [0.1, 0.15) is 0 Å². The molecule has 2 amide bonds. The number of anilines is 1. The number of nitrogens with zero attached hydrogens (tertiary/aromatic N) is 2. The molecule has 0 radical (unpaired) electrons. The number of thioether (sulfide) groups is 1. The number of hydrogen-bond donors (Lipinski definition) is 1. The zero-order chi connectivity index (χ0) is 23.8. The normalized spacial score (nSPS) is 11.4. The van der Waals surface area contributed by atoms with Gasteiger partial charge in [0, 0.05) is 35.6 Å². The molecule has 33 heavy (non-hydrogen) atoms. The molecule has 0 aliphatic carbocycles. The topological polar surface area (TPSA) is 37.3 Å². The molecule has 1 N–H and O–H groups in total. The Labute approximate surface area is 196 Å². The molecule has 176 valence electrons. The van der Waals surface area contributed by atoms with Crippen molar-refractivity contribution in [2.24, 2.45) is 0 Å². The van der Waals surface area contributed by atoms with Crippen molar-refractivity contribution >= 4 is 23.5 Å². The Hall–Kier alpha value is -2.87. The van der Waals surface area contributed by atoms with Gasteiger partial charge in [-0.1, -0.05) is 25.5 Å². The van der Waals surface area contributed by atoms with Crippen molar-refractivity contribution < 1.29 is 18.0 Å². The minimum atomic E-state index is -4.38. The van der Waals surface area contributed by atoms with Crippen molar-refractivity contribution in [1.82, 2.24) is 9.47 Å². The van der Waals surface area contributed by atoms with E-state index in [-0.39, 0.29) is 6.03 Å². The van der Waals surface area contributed by atoms with E-state index in [2.05, 4.69) is 12.2 Å². The number of carbonyl (C=O) groups is 1. The predicted molar refractivity (Wildman–Crippen MR) is 128 cm³/mol. The van der Waals surface area contributed by atoms with Gasteiger partial charge in [-0.15, -0.1) is 11.8 Å². The lowest BCUT2D eigenvalue weighted by molar-refractivity contribution is -0.137. The first kappa shape index (κ1) is 24.8. The molecule has 1 aromatic heterocycles. The molecule has 0 bridgehead atoms. The maximum absolute atomic E-state index is 13.1. The van der Waals surface area contributed by atoms with Gasteiger partial charge in [0.15, 0.2) is 0 Å². The molecule has 0 aliphatic rings. The van der Waals surface area contributed by atoms with Crippen LogP contribution in [0.4, 0.5) is 23.7 Å². The molecule has 4 nitrogen and oxygen atoms in total. The van der Waals surface area contributed by atoms with E-state index in [1.54, 1.807) is 22.7 Å². The van der Waals surface area contributed by atoms with Gasteiger partial charge in [-0.3, -0.25) is 0 Å². The molecule has 3 aromatic rings. The summed E-state index contributed by atoms with van der Waals surface area (Å²) in [7, 11) is 0. The molecule has 1 heterocycles. The van der Waals surface area contributed by atoms with Crippen LogP contribution in [0.1, 0.15) is 36.6 Å². The monoisotopic (exact) mass is 475 g/mol. The molecular formula is C25H28F3N3OS. The minimum absolute atomic E-state index is 0.202. The maximum Gasteiger partial charge on any atom is 0.416 e. The van der Waals surface area contributed by atoms with E-state index in [4.69, 9.17) is 0 Å². The van der Waals surface area contributed by atoms with Gasteiger partial charge in [0.2, 0.25) is 0 Å². The Morgan fingerprint density at radius 2 is 1.85 bits per heavy atom. The second kappa shape index (κ2) is 11.3. The van der Waals surface area contributed by atoms with Gasteiger partial charge in [-0.05, 0) is 66.8 Å². The molecule has 0 aliphatic heterocycles. The molecule has 8 heteroatoms. The number of hydrogen-bond acceptors (Lipinski definition) is 2. The first-order valence-corrected chi connectivity index (χ1v) is 12.0. The smallest absolute Gasteiger partial charge is 0.345 e. The second-order valence-electron chi connectivity index (χ2n) is 7.76. The Morgan fingerprint density at radius 1 is 1.09 bits per heavy atom. The Morgan fingerprint density at radius 3 is 2.52 bits per heavy atom. The highest BCUT2D eigenvalue weighted by Gasteiger charge is 2.30. The maximum atomic E-state index is 13.1. The molecule has 2 aromatic carbocycles. The van der Waals surface area contributed by atoms with Crippen LogP contribution in [0.5, 0.6) is 0 Å². The lowest BCUT2D eigenvalue weighted by Gasteiger charge is -2.24. The van der Waals surface area contributed by atoms with Crippen LogP contribution < -0.4 is 5.32 Å². The van der Waals surface area contributed by atoms with Crippen LogP contribution >= 0.6 is 11.8 Å². The average Bonchev–Trinajstić information content (AvgIpc) is 3.23. The Balaban J connectivity index is 1.73. The second-order valence-corrected chi connectivity index (χ2v) is 8.64. The summed E-state index contributed by atoms with van der Waals surface area (Å²) < 4.78 is 41.1. The van der Waals surface area contributed by atoms with Crippen molar-refractivity contribution in [2.75, 3.05) is 18.1 Å². The summed E-state index contributed by atoms with van der Waals surface area (Å²) in [5.41, 5.74) is 1.47. The Bertz CT molecular complexity index is 1050. The number of alkyl halides is 3. The molecule has 3 rings (SSSR count). The summed E-state index contributed by atoms with van der Waals surface area (Å²) in [6.45, 7) is 3.31. The van der Waals surface area contributed by atoms with Crippen molar-refractivity contribution in [2.45, 2.75) is 43.9 Å². The average molecular weight is 476 g/mol. The zero-order valence-corrected chi connectivity index (χ0v) is 19.5. The summed E-state index contributed by atoms with van der Waals surface area (Å²) in [6.07, 6.45) is 1.24. The minimum Gasteiger partial charge on any atom is -0.345 e. The van der Waals surface area contributed by atoms with E-state index in [0.717, 1.165) is 35.2 Å². The van der Waals surface area contributed by atoms with Crippen molar-refractivity contribution in [3.8, 4) is 0 Å². The van der Waals surface area contributed by atoms with E-state index >= 15 is 0 Å². The third kappa shape index (κ3) is 7.05. The number of rotatable bonds is 9. The van der Waals surface area contributed by atoms with Crippen LogP contribution in [0.3, 0.4) is 0 Å². The van der Waals surface area contributed by atoms with Crippen LogP contribution in [0.15, 0.2) is 71.8 Å². The fourth-order valence-electron chi connectivity index (χ4n) is 3.46. The molecule has 0 unspecified atom stereocenters. The van der Waals surface area contributed by atoms with E-state index < -0.39 is 11.7 Å². The van der Waals surface area contributed by atoms with E-state index in [9.17, 15) is 18.0 Å². The van der Waals surface area contributed by atoms with Crippen LogP contribution in [0.25, 0.3) is 0 Å². The third-order valence-electron chi connectivity index (χ3n) is 5.29.